The van der Waals surface area contributed by atoms with Crippen molar-refractivity contribution in [2.24, 2.45) is 5.92 Å². The van der Waals surface area contributed by atoms with Crippen LogP contribution in [0.2, 0.25) is 0 Å². The molecule has 0 unspecified atom stereocenters. The highest BCUT2D eigenvalue weighted by atomic mass is 32.1. The minimum Gasteiger partial charge on any atom is -0.466 e. The molecule has 0 radical (unpaired) electrons. The van der Waals surface area contributed by atoms with Gasteiger partial charge in [0.1, 0.15) is 11.5 Å². The second-order valence-corrected chi connectivity index (χ2v) is 9.83. The minimum atomic E-state index is -0.273. The Morgan fingerprint density at radius 3 is 2.73 bits per heavy atom. The van der Waals surface area contributed by atoms with Crippen molar-refractivity contribution in [3.63, 3.8) is 0 Å². The Bertz CT molecular complexity index is 1120. The number of nitrogens with zero attached hydrogens (tertiary/aromatic N) is 4. The molecule has 1 saturated carbocycles. The predicted molar refractivity (Wildman–Crippen MR) is 128 cm³/mol. The first-order chi connectivity index (χ1) is 16.1. The van der Waals surface area contributed by atoms with E-state index in [9.17, 15) is 9.18 Å². The molecule has 0 bridgehead atoms. The molecule has 2 aliphatic rings. The van der Waals surface area contributed by atoms with Crippen LogP contribution in [0.4, 0.5) is 15.3 Å². The van der Waals surface area contributed by atoms with Gasteiger partial charge in [-0.3, -0.25) is 4.79 Å². The minimum absolute atomic E-state index is 0.0339. The van der Waals surface area contributed by atoms with Crippen LogP contribution in [0.3, 0.4) is 0 Å². The molecular formula is C24H30FN5O2S. The Kier molecular flexibility index (Phi) is 6.48. The maximum absolute atomic E-state index is 14.0. The summed E-state index contributed by atoms with van der Waals surface area (Å²) in [6.07, 6.45) is 7.48. The van der Waals surface area contributed by atoms with Crippen molar-refractivity contribution in [1.29, 1.82) is 0 Å². The lowest BCUT2D eigenvalue weighted by Gasteiger charge is -2.30. The Morgan fingerprint density at radius 1 is 1.21 bits per heavy atom. The number of ether oxygens (including phenoxy) is 1. The fourth-order valence-corrected chi connectivity index (χ4v) is 5.79. The summed E-state index contributed by atoms with van der Waals surface area (Å²) in [5.74, 6) is 0.440. The number of rotatable bonds is 6. The number of anilines is 2. The van der Waals surface area contributed by atoms with Crippen molar-refractivity contribution in [3.05, 3.63) is 30.1 Å². The van der Waals surface area contributed by atoms with Gasteiger partial charge in [0.05, 0.1) is 12.5 Å². The van der Waals surface area contributed by atoms with Gasteiger partial charge in [-0.05, 0) is 44.7 Å². The van der Waals surface area contributed by atoms with E-state index in [4.69, 9.17) is 14.8 Å². The monoisotopic (exact) mass is 471 g/mol. The summed E-state index contributed by atoms with van der Waals surface area (Å²) in [5.41, 5.74) is 1.49. The highest BCUT2D eigenvalue weighted by Crippen LogP contribution is 2.36. The SMILES string of the molecule is CCOC(=O)C1CCN(c2nn3c(NC4CCCCC4)c(-c4cccc(F)c4)nc3s2)CC1. The lowest BCUT2D eigenvalue weighted by molar-refractivity contribution is -0.148. The molecule has 2 aromatic heterocycles. The third-order valence-corrected chi connectivity index (χ3v) is 7.59. The van der Waals surface area contributed by atoms with Gasteiger partial charge >= 0.3 is 5.97 Å². The molecular weight excluding hydrogens is 441 g/mol. The van der Waals surface area contributed by atoms with Crippen molar-refractivity contribution in [3.8, 4) is 11.3 Å². The van der Waals surface area contributed by atoms with Gasteiger partial charge in [0.2, 0.25) is 10.1 Å². The molecule has 2 fully saturated rings. The number of hydrogen-bond acceptors (Lipinski definition) is 7. The van der Waals surface area contributed by atoms with Crippen molar-refractivity contribution in [2.75, 3.05) is 29.9 Å². The van der Waals surface area contributed by atoms with E-state index in [0.717, 1.165) is 65.9 Å². The van der Waals surface area contributed by atoms with Gasteiger partial charge < -0.3 is 15.0 Å². The molecule has 1 aliphatic carbocycles. The lowest BCUT2D eigenvalue weighted by atomic mass is 9.95. The van der Waals surface area contributed by atoms with Gasteiger partial charge in [-0.1, -0.05) is 42.7 Å². The van der Waals surface area contributed by atoms with Gasteiger partial charge in [-0.25, -0.2) is 9.37 Å². The lowest BCUT2D eigenvalue weighted by Crippen LogP contribution is -2.37. The predicted octanol–water partition coefficient (Wildman–Crippen LogP) is 5.12. The van der Waals surface area contributed by atoms with Crippen molar-refractivity contribution >= 4 is 33.2 Å². The first-order valence-corrected chi connectivity index (χ1v) is 12.8. The maximum atomic E-state index is 14.0. The van der Waals surface area contributed by atoms with E-state index in [-0.39, 0.29) is 17.7 Å². The van der Waals surface area contributed by atoms with Gasteiger partial charge in [0, 0.05) is 24.7 Å². The number of nitrogens with one attached hydrogen (secondary N) is 1. The van der Waals surface area contributed by atoms with E-state index >= 15 is 0 Å². The molecule has 5 rings (SSSR count). The van der Waals surface area contributed by atoms with Crippen LogP contribution in [0.25, 0.3) is 16.2 Å². The highest BCUT2D eigenvalue weighted by Gasteiger charge is 2.29. The second kappa shape index (κ2) is 9.67. The van der Waals surface area contributed by atoms with Gasteiger partial charge in [0.15, 0.2) is 5.82 Å². The number of halogens is 1. The van der Waals surface area contributed by atoms with Crippen LogP contribution in [-0.4, -0.2) is 46.3 Å². The Labute approximate surface area is 197 Å². The molecule has 33 heavy (non-hydrogen) atoms. The van der Waals surface area contributed by atoms with Crippen LogP contribution in [0, 0.1) is 11.7 Å². The van der Waals surface area contributed by atoms with Crippen molar-refractivity contribution < 1.29 is 13.9 Å². The summed E-state index contributed by atoms with van der Waals surface area (Å²) in [4.78, 5) is 19.9. The van der Waals surface area contributed by atoms with Crippen LogP contribution < -0.4 is 10.2 Å². The van der Waals surface area contributed by atoms with Crippen LogP contribution in [0.5, 0.6) is 0 Å². The third-order valence-electron chi connectivity index (χ3n) is 6.62. The van der Waals surface area contributed by atoms with Gasteiger partial charge in [0.25, 0.3) is 0 Å². The number of hydrogen-bond donors (Lipinski definition) is 1. The van der Waals surface area contributed by atoms with Crippen molar-refractivity contribution in [2.45, 2.75) is 57.9 Å². The molecule has 1 saturated heterocycles. The average molecular weight is 472 g/mol. The highest BCUT2D eigenvalue weighted by molar-refractivity contribution is 7.20. The van der Waals surface area contributed by atoms with Crippen molar-refractivity contribution in [1.82, 2.24) is 14.6 Å². The summed E-state index contributed by atoms with van der Waals surface area (Å²) in [7, 11) is 0. The van der Waals surface area contributed by atoms with E-state index in [1.807, 2.05) is 17.5 Å². The second-order valence-electron chi connectivity index (χ2n) is 8.89. The zero-order valence-corrected chi connectivity index (χ0v) is 19.7. The summed E-state index contributed by atoms with van der Waals surface area (Å²) >= 11 is 1.54. The number of imidazole rings is 1. The fraction of sp³-hybridized carbons (Fsp3) is 0.542. The molecule has 1 aliphatic heterocycles. The molecule has 0 atom stereocenters. The molecule has 9 heteroatoms. The number of fused-ring (bicyclic) bond motifs is 1. The topological polar surface area (TPSA) is 71.8 Å². The molecule has 7 nitrogen and oxygen atoms in total. The normalized spacial score (nSPS) is 18.1. The van der Waals surface area contributed by atoms with Crippen LogP contribution in [0.1, 0.15) is 51.9 Å². The number of carbonyl (C=O) groups excluding carboxylic acids is 1. The number of carbonyl (C=O) groups is 1. The molecule has 1 N–H and O–H groups in total. The average Bonchev–Trinajstić information content (AvgIpc) is 3.39. The fourth-order valence-electron chi connectivity index (χ4n) is 4.84. The van der Waals surface area contributed by atoms with Crippen LogP contribution in [-0.2, 0) is 9.53 Å². The number of piperidine rings is 1. The molecule has 3 aromatic rings. The van der Waals surface area contributed by atoms with E-state index in [2.05, 4.69) is 10.2 Å². The van der Waals surface area contributed by atoms with Crippen LogP contribution in [0.15, 0.2) is 24.3 Å². The summed E-state index contributed by atoms with van der Waals surface area (Å²) < 4.78 is 21.0. The molecule has 176 valence electrons. The Balaban J connectivity index is 1.42. The first kappa shape index (κ1) is 22.1. The van der Waals surface area contributed by atoms with E-state index in [1.165, 1.54) is 42.7 Å². The molecule has 0 spiro atoms. The number of benzene rings is 1. The standard InChI is InChI=1S/C24H30FN5O2S/c1-2-32-22(31)16-11-13-29(14-12-16)24-28-30-21(26-19-9-4-3-5-10-19)20(27-23(30)33-24)17-7-6-8-18(25)15-17/h6-8,15-16,19,26H,2-5,9-14H2,1H3. The molecule has 3 heterocycles. The van der Waals surface area contributed by atoms with E-state index in [0.29, 0.717) is 12.6 Å². The quantitative estimate of drug-likeness (QED) is 0.503. The van der Waals surface area contributed by atoms with E-state index < -0.39 is 0 Å². The zero-order chi connectivity index (χ0) is 22.8. The zero-order valence-electron chi connectivity index (χ0n) is 18.9. The first-order valence-electron chi connectivity index (χ1n) is 12.0. The van der Waals surface area contributed by atoms with Gasteiger partial charge in [-0.15, -0.1) is 5.10 Å². The van der Waals surface area contributed by atoms with E-state index in [1.54, 1.807) is 6.07 Å². The summed E-state index contributed by atoms with van der Waals surface area (Å²) in [5, 5.41) is 9.49. The van der Waals surface area contributed by atoms with Crippen LogP contribution >= 0.6 is 11.3 Å². The summed E-state index contributed by atoms with van der Waals surface area (Å²) in [6, 6.07) is 6.96. The smallest absolute Gasteiger partial charge is 0.309 e. The Hall–Kier alpha value is -2.68. The van der Waals surface area contributed by atoms with Gasteiger partial charge in [-0.2, -0.15) is 4.52 Å². The number of esters is 1. The number of aromatic nitrogens is 3. The Morgan fingerprint density at radius 2 is 2.00 bits per heavy atom. The summed E-state index contributed by atoms with van der Waals surface area (Å²) in [6.45, 7) is 3.80. The maximum Gasteiger partial charge on any atom is 0.309 e. The largest absolute Gasteiger partial charge is 0.466 e. The molecule has 1 aromatic carbocycles. The third kappa shape index (κ3) is 4.69. The molecule has 0 amide bonds.